The highest BCUT2D eigenvalue weighted by Crippen LogP contribution is 2.08. The van der Waals surface area contributed by atoms with Crippen LogP contribution >= 0.6 is 11.3 Å². The van der Waals surface area contributed by atoms with Gasteiger partial charge in [0.05, 0.1) is 6.04 Å². The summed E-state index contributed by atoms with van der Waals surface area (Å²) >= 11 is 1.43. The van der Waals surface area contributed by atoms with Gasteiger partial charge in [-0.05, 0) is 0 Å². The summed E-state index contributed by atoms with van der Waals surface area (Å²) in [6, 6.07) is -0.141. The van der Waals surface area contributed by atoms with Gasteiger partial charge in [0.15, 0.2) is 0 Å². The van der Waals surface area contributed by atoms with Crippen molar-refractivity contribution in [2.75, 3.05) is 6.54 Å². The molecule has 0 aliphatic heterocycles. The smallest absolute Gasteiger partial charge is 0.135 e. The molecule has 0 fully saturated rings. The van der Waals surface area contributed by atoms with Gasteiger partial charge < -0.3 is 11.5 Å². The minimum Gasteiger partial charge on any atom is -0.329 e. The maximum absolute atomic E-state index is 5.52. The summed E-state index contributed by atoms with van der Waals surface area (Å²) in [5, 5.41) is 8.18. The number of nitrogens with two attached hydrogens (primary N) is 2. The summed E-state index contributed by atoms with van der Waals surface area (Å²) in [5.74, 6) is 0. The lowest BCUT2D eigenvalue weighted by Gasteiger charge is -1.99. The van der Waals surface area contributed by atoms with E-state index in [0.717, 1.165) is 5.01 Å². The standard InChI is InChI=1S/C4H8N4S/c5-1-3(6)4-8-7-2-9-4/h2-3H,1,5-6H2. The van der Waals surface area contributed by atoms with E-state index in [4.69, 9.17) is 11.5 Å². The Bertz CT molecular complexity index is 161. The maximum Gasteiger partial charge on any atom is 0.135 e. The molecule has 0 amide bonds. The minimum atomic E-state index is -0.141. The lowest BCUT2D eigenvalue weighted by molar-refractivity contribution is 0.718. The summed E-state index contributed by atoms with van der Waals surface area (Å²) < 4.78 is 0. The van der Waals surface area contributed by atoms with E-state index in [1.54, 1.807) is 5.51 Å². The molecular weight excluding hydrogens is 136 g/mol. The SMILES string of the molecule is NCC(N)c1nncs1. The lowest BCUT2D eigenvalue weighted by Crippen LogP contribution is -2.20. The average molecular weight is 144 g/mol. The first-order chi connectivity index (χ1) is 4.34. The Kier molecular flexibility index (Phi) is 2.10. The van der Waals surface area contributed by atoms with Gasteiger partial charge in [-0.15, -0.1) is 21.5 Å². The summed E-state index contributed by atoms with van der Waals surface area (Å²) in [6.45, 7) is 0.426. The molecule has 1 atom stereocenters. The van der Waals surface area contributed by atoms with Gasteiger partial charge in [-0.2, -0.15) is 0 Å². The second kappa shape index (κ2) is 2.86. The third kappa shape index (κ3) is 1.44. The van der Waals surface area contributed by atoms with E-state index in [1.807, 2.05) is 0 Å². The molecule has 0 spiro atoms. The van der Waals surface area contributed by atoms with E-state index in [2.05, 4.69) is 10.2 Å². The Morgan fingerprint density at radius 3 is 3.00 bits per heavy atom. The van der Waals surface area contributed by atoms with Crippen molar-refractivity contribution in [1.29, 1.82) is 0 Å². The average Bonchev–Trinajstić information content (AvgIpc) is 2.37. The first-order valence-corrected chi connectivity index (χ1v) is 3.44. The molecule has 0 aliphatic rings. The van der Waals surface area contributed by atoms with Gasteiger partial charge in [-0.1, -0.05) is 0 Å². The summed E-state index contributed by atoms with van der Waals surface area (Å²) in [4.78, 5) is 0. The zero-order valence-electron chi connectivity index (χ0n) is 4.82. The van der Waals surface area contributed by atoms with Crippen LogP contribution in [0.3, 0.4) is 0 Å². The van der Waals surface area contributed by atoms with Crippen LogP contribution in [0.4, 0.5) is 0 Å². The molecule has 1 aromatic heterocycles. The molecule has 9 heavy (non-hydrogen) atoms. The quantitative estimate of drug-likeness (QED) is 0.586. The first kappa shape index (κ1) is 6.60. The van der Waals surface area contributed by atoms with E-state index in [1.165, 1.54) is 11.3 Å². The Morgan fingerprint density at radius 1 is 1.78 bits per heavy atom. The van der Waals surface area contributed by atoms with Crippen LogP contribution in [-0.4, -0.2) is 16.7 Å². The third-order valence-electron chi connectivity index (χ3n) is 0.948. The Morgan fingerprint density at radius 2 is 2.56 bits per heavy atom. The van der Waals surface area contributed by atoms with Crippen molar-refractivity contribution < 1.29 is 0 Å². The maximum atomic E-state index is 5.52. The van der Waals surface area contributed by atoms with E-state index in [9.17, 15) is 0 Å². The predicted octanol–water partition coefficient (Wildman–Crippen LogP) is -0.503. The van der Waals surface area contributed by atoms with Gasteiger partial charge in [0.2, 0.25) is 0 Å². The number of hydrogen-bond donors (Lipinski definition) is 2. The highest BCUT2D eigenvalue weighted by molar-refractivity contribution is 7.09. The van der Waals surface area contributed by atoms with E-state index >= 15 is 0 Å². The summed E-state index contributed by atoms with van der Waals surface area (Å²) in [6.07, 6.45) is 0. The normalized spacial score (nSPS) is 13.6. The minimum absolute atomic E-state index is 0.141. The van der Waals surface area contributed by atoms with Crippen LogP contribution in [0.1, 0.15) is 11.0 Å². The molecule has 0 bridgehead atoms. The van der Waals surface area contributed by atoms with Gasteiger partial charge in [-0.3, -0.25) is 0 Å². The van der Waals surface area contributed by atoms with Crippen molar-refractivity contribution in [2.24, 2.45) is 11.5 Å². The van der Waals surface area contributed by atoms with Crippen molar-refractivity contribution in [3.63, 3.8) is 0 Å². The van der Waals surface area contributed by atoms with Gasteiger partial charge >= 0.3 is 0 Å². The van der Waals surface area contributed by atoms with Crippen LogP contribution in [0.15, 0.2) is 5.51 Å². The zero-order valence-corrected chi connectivity index (χ0v) is 5.64. The van der Waals surface area contributed by atoms with Crippen LogP contribution in [0.25, 0.3) is 0 Å². The number of nitrogens with zero attached hydrogens (tertiary/aromatic N) is 2. The van der Waals surface area contributed by atoms with Crippen LogP contribution in [0.2, 0.25) is 0 Å². The van der Waals surface area contributed by atoms with Gasteiger partial charge in [-0.25, -0.2) is 0 Å². The van der Waals surface area contributed by atoms with Crippen LogP contribution < -0.4 is 11.5 Å². The van der Waals surface area contributed by atoms with Gasteiger partial charge in [0, 0.05) is 6.54 Å². The van der Waals surface area contributed by atoms with Crippen molar-refractivity contribution in [3.8, 4) is 0 Å². The van der Waals surface area contributed by atoms with Crippen molar-refractivity contribution >= 4 is 11.3 Å². The fourth-order valence-electron chi connectivity index (χ4n) is 0.444. The third-order valence-corrected chi connectivity index (χ3v) is 1.77. The van der Waals surface area contributed by atoms with Crippen LogP contribution in [-0.2, 0) is 0 Å². The molecule has 5 heteroatoms. The summed E-state index contributed by atoms with van der Waals surface area (Å²) in [5.41, 5.74) is 12.4. The lowest BCUT2D eigenvalue weighted by atomic mass is 10.3. The Balaban J connectivity index is 2.65. The number of hydrogen-bond acceptors (Lipinski definition) is 5. The molecule has 1 unspecified atom stereocenters. The zero-order chi connectivity index (χ0) is 6.69. The Hall–Kier alpha value is -0.520. The Labute approximate surface area is 56.9 Å². The second-order valence-corrected chi connectivity index (χ2v) is 2.48. The molecule has 0 radical (unpaired) electrons. The fourth-order valence-corrected chi connectivity index (χ4v) is 1.01. The van der Waals surface area contributed by atoms with E-state index in [-0.39, 0.29) is 6.04 Å². The molecular formula is C4H8N4S. The topological polar surface area (TPSA) is 77.8 Å². The van der Waals surface area contributed by atoms with Crippen molar-refractivity contribution in [2.45, 2.75) is 6.04 Å². The number of aromatic nitrogens is 2. The fraction of sp³-hybridized carbons (Fsp3) is 0.500. The van der Waals surface area contributed by atoms with E-state index in [0.29, 0.717) is 6.54 Å². The van der Waals surface area contributed by atoms with Gasteiger partial charge in [0.1, 0.15) is 10.5 Å². The molecule has 0 aliphatic carbocycles. The molecule has 0 saturated carbocycles. The van der Waals surface area contributed by atoms with E-state index < -0.39 is 0 Å². The predicted molar refractivity (Wildman–Crippen MR) is 35.9 cm³/mol. The van der Waals surface area contributed by atoms with Crippen molar-refractivity contribution in [1.82, 2.24) is 10.2 Å². The number of rotatable bonds is 2. The largest absolute Gasteiger partial charge is 0.329 e. The molecule has 1 rings (SSSR count). The molecule has 50 valence electrons. The molecule has 4 nitrogen and oxygen atoms in total. The first-order valence-electron chi connectivity index (χ1n) is 2.56. The molecule has 1 aromatic rings. The summed E-state index contributed by atoms with van der Waals surface area (Å²) in [7, 11) is 0. The van der Waals surface area contributed by atoms with Gasteiger partial charge in [0.25, 0.3) is 0 Å². The highest BCUT2D eigenvalue weighted by atomic mass is 32.1. The molecule has 0 aromatic carbocycles. The molecule has 4 N–H and O–H groups in total. The monoisotopic (exact) mass is 144 g/mol. The highest BCUT2D eigenvalue weighted by Gasteiger charge is 2.04. The van der Waals surface area contributed by atoms with Crippen molar-refractivity contribution in [3.05, 3.63) is 10.5 Å². The van der Waals surface area contributed by atoms with Crippen LogP contribution in [0, 0.1) is 0 Å². The molecule has 0 saturated heterocycles. The van der Waals surface area contributed by atoms with Crippen LogP contribution in [0.5, 0.6) is 0 Å². The molecule has 1 heterocycles. The second-order valence-electron chi connectivity index (χ2n) is 1.62.